The van der Waals surface area contributed by atoms with Crippen LogP contribution in [0.3, 0.4) is 0 Å². The van der Waals surface area contributed by atoms with E-state index >= 15 is 0 Å². The molecular weight excluding hydrogens is 257 g/mol. The highest BCUT2D eigenvalue weighted by Crippen LogP contribution is 2.62. The smallest absolute Gasteiger partial charge is 0.232 e. The molecule has 3 rings (SSSR count). The summed E-state index contributed by atoms with van der Waals surface area (Å²) in [4.78, 5) is 11.9. The first-order valence-electron chi connectivity index (χ1n) is 5.54. The second-order valence-electron chi connectivity index (χ2n) is 4.62. The molecule has 2 nitrogen and oxygen atoms in total. The Kier molecular flexibility index (Phi) is 2.29. The van der Waals surface area contributed by atoms with Crippen molar-refractivity contribution in [2.24, 2.45) is 5.73 Å². The van der Waals surface area contributed by atoms with Crippen molar-refractivity contribution in [3.8, 4) is 0 Å². The Labute approximate surface area is 109 Å². The van der Waals surface area contributed by atoms with Gasteiger partial charge in [-0.1, -0.05) is 47.5 Å². The molecule has 2 bridgehead atoms. The minimum Gasteiger partial charge on any atom is -0.369 e. The van der Waals surface area contributed by atoms with Gasteiger partial charge in [0.1, 0.15) is 4.49 Å². The van der Waals surface area contributed by atoms with E-state index in [2.05, 4.69) is 0 Å². The fourth-order valence-corrected chi connectivity index (χ4v) is 3.99. The van der Waals surface area contributed by atoms with Crippen molar-refractivity contribution in [3.63, 3.8) is 0 Å². The first-order chi connectivity index (χ1) is 8.09. The number of fused-ring (bicyclic) bond motifs is 5. The predicted molar refractivity (Wildman–Crippen MR) is 68.0 cm³/mol. The molecule has 0 unspecified atom stereocenters. The summed E-state index contributed by atoms with van der Waals surface area (Å²) in [6.45, 7) is 0. The Balaban J connectivity index is 2.36. The van der Waals surface area contributed by atoms with Gasteiger partial charge in [0.05, 0.1) is 5.41 Å². The number of hydrogen-bond donors (Lipinski definition) is 1. The van der Waals surface area contributed by atoms with Gasteiger partial charge in [0.25, 0.3) is 0 Å². The van der Waals surface area contributed by atoms with Crippen LogP contribution in [0.1, 0.15) is 29.9 Å². The highest BCUT2D eigenvalue weighted by Gasteiger charge is 2.57. The predicted octanol–water partition coefficient (Wildman–Crippen LogP) is 2.99. The largest absolute Gasteiger partial charge is 0.369 e. The summed E-state index contributed by atoms with van der Waals surface area (Å²) in [7, 11) is 0. The molecule has 1 fully saturated rings. The summed E-state index contributed by atoms with van der Waals surface area (Å²) < 4.78 is 0.197. The Morgan fingerprint density at radius 2 is 2.06 bits per heavy atom. The average Bonchev–Trinajstić information content (AvgIpc) is 2.82. The van der Waals surface area contributed by atoms with Crippen molar-refractivity contribution in [1.82, 2.24) is 0 Å². The second-order valence-corrected chi connectivity index (χ2v) is 5.57. The summed E-state index contributed by atoms with van der Waals surface area (Å²) in [6.07, 6.45) is 1.60. The normalized spacial score (nSPS) is 29.3. The molecular formula is C13H11Cl2NO. The quantitative estimate of drug-likeness (QED) is 0.835. The maximum absolute atomic E-state index is 11.9. The Morgan fingerprint density at radius 3 is 2.71 bits per heavy atom. The zero-order chi connectivity index (χ0) is 12.2. The fraction of sp³-hybridized carbons (Fsp3) is 0.308. The molecule has 2 aliphatic carbocycles. The third-order valence-electron chi connectivity index (χ3n) is 4.04. The minimum absolute atomic E-state index is 0.156. The molecule has 1 saturated carbocycles. The molecule has 0 saturated heterocycles. The van der Waals surface area contributed by atoms with Gasteiger partial charge in [0.15, 0.2) is 0 Å². The number of halogens is 2. The maximum atomic E-state index is 11.9. The molecule has 2 aliphatic rings. The van der Waals surface area contributed by atoms with Crippen LogP contribution in [0, 0.1) is 0 Å². The van der Waals surface area contributed by atoms with Gasteiger partial charge < -0.3 is 5.73 Å². The molecule has 1 aromatic rings. The third-order valence-corrected chi connectivity index (χ3v) is 4.44. The van der Waals surface area contributed by atoms with Gasteiger partial charge in [0, 0.05) is 5.92 Å². The monoisotopic (exact) mass is 267 g/mol. The fourth-order valence-electron chi connectivity index (χ4n) is 3.40. The van der Waals surface area contributed by atoms with Crippen LogP contribution in [0.25, 0.3) is 0 Å². The van der Waals surface area contributed by atoms with Crippen LogP contribution in [-0.2, 0) is 10.2 Å². The van der Waals surface area contributed by atoms with Gasteiger partial charge >= 0.3 is 0 Å². The molecule has 2 atom stereocenters. The van der Waals surface area contributed by atoms with E-state index in [-0.39, 0.29) is 16.3 Å². The van der Waals surface area contributed by atoms with Crippen molar-refractivity contribution in [1.29, 1.82) is 0 Å². The van der Waals surface area contributed by atoms with Gasteiger partial charge in [-0.05, 0) is 29.5 Å². The summed E-state index contributed by atoms with van der Waals surface area (Å²) in [5, 5.41) is 0. The van der Waals surface area contributed by atoms with Crippen LogP contribution in [0.15, 0.2) is 34.3 Å². The molecule has 0 aromatic heterocycles. The molecule has 1 amide bonds. The van der Waals surface area contributed by atoms with Crippen molar-refractivity contribution in [3.05, 3.63) is 45.5 Å². The molecule has 88 valence electrons. The van der Waals surface area contributed by atoms with Crippen molar-refractivity contribution >= 4 is 29.1 Å². The standard InChI is InChI=1S/C13H11Cl2NO/c14-11(15)10-8-5-6-13(10,12(16)17)9-4-2-1-3-7(8)9/h1-4,8H,5-6H2,(H2,16,17)/t8-,13+/m0/s1. The van der Waals surface area contributed by atoms with Crippen LogP contribution < -0.4 is 5.73 Å². The van der Waals surface area contributed by atoms with Gasteiger partial charge in [0.2, 0.25) is 5.91 Å². The highest BCUT2D eigenvalue weighted by atomic mass is 35.5. The van der Waals surface area contributed by atoms with E-state index in [1.807, 2.05) is 24.3 Å². The lowest BCUT2D eigenvalue weighted by molar-refractivity contribution is -0.122. The van der Waals surface area contributed by atoms with Crippen LogP contribution in [0.2, 0.25) is 0 Å². The SMILES string of the molecule is NC(=O)[C@@]12CC[C@H](C1=C(Cl)Cl)c1ccccc12. The lowest BCUT2D eigenvalue weighted by atomic mass is 9.77. The summed E-state index contributed by atoms with van der Waals surface area (Å²) >= 11 is 11.9. The van der Waals surface area contributed by atoms with E-state index in [0.717, 1.165) is 23.1 Å². The highest BCUT2D eigenvalue weighted by molar-refractivity contribution is 6.56. The summed E-state index contributed by atoms with van der Waals surface area (Å²) in [5.74, 6) is -0.192. The number of nitrogens with two attached hydrogens (primary N) is 1. The Hall–Kier alpha value is -0.990. The van der Waals surface area contributed by atoms with Crippen LogP contribution in [-0.4, -0.2) is 5.91 Å². The van der Waals surface area contributed by atoms with Gasteiger partial charge in [-0.2, -0.15) is 0 Å². The first kappa shape index (κ1) is 11.1. The topological polar surface area (TPSA) is 43.1 Å². The number of carbonyl (C=O) groups is 1. The first-order valence-corrected chi connectivity index (χ1v) is 6.29. The molecule has 0 radical (unpaired) electrons. The number of amides is 1. The summed E-state index contributed by atoms with van der Waals surface area (Å²) in [6, 6.07) is 7.87. The van der Waals surface area contributed by atoms with Crippen molar-refractivity contribution in [2.45, 2.75) is 24.2 Å². The number of primary amides is 1. The number of rotatable bonds is 1. The van der Waals surface area contributed by atoms with E-state index in [9.17, 15) is 4.79 Å². The van der Waals surface area contributed by atoms with Crippen molar-refractivity contribution < 1.29 is 4.79 Å². The summed E-state index contributed by atoms with van der Waals surface area (Å²) in [5.41, 5.74) is 7.79. The zero-order valence-electron chi connectivity index (χ0n) is 9.04. The lowest BCUT2D eigenvalue weighted by Gasteiger charge is -2.25. The molecule has 1 aromatic carbocycles. The third kappa shape index (κ3) is 1.20. The molecule has 0 spiro atoms. The van der Waals surface area contributed by atoms with E-state index in [0.29, 0.717) is 6.42 Å². The van der Waals surface area contributed by atoms with E-state index in [1.165, 1.54) is 0 Å². The van der Waals surface area contributed by atoms with Crippen LogP contribution >= 0.6 is 23.2 Å². The second kappa shape index (κ2) is 3.50. The molecule has 4 heteroatoms. The number of carbonyl (C=O) groups excluding carboxylic acids is 1. The minimum atomic E-state index is -0.764. The van der Waals surface area contributed by atoms with Gasteiger partial charge in [-0.3, -0.25) is 4.79 Å². The molecule has 2 N–H and O–H groups in total. The zero-order valence-corrected chi connectivity index (χ0v) is 10.6. The lowest BCUT2D eigenvalue weighted by Crippen LogP contribution is -2.39. The van der Waals surface area contributed by atoms with Gasteiger partial charge in [-0.15, -0.1) is 0 Å². The molecule has 0 aliphatic heterocycles. The Bertz CT molecular complexity index is 548. The van der Waals surface area contributed by atoms with Crippen molar-refractivity contribution in [2.75, 3.05) is 0 Å². The van der Waals surface area contributed by atoms with Crippen LogP contribution in [0.5, 0.6) is 0 Å². The van der Waals surface area contributed by atoms with Gasteiger partial charge in [-0.25, -0.2) is 0 Å². The molecule has 17 heavy (non-hydrogen) atoms. The maximum Gasteiger partial charge on any atom is 0.232 e. The van der Waals surface area contributed by atoms with E-state index < -0.39 is 5.41 Å². The van der Waals surface area contributed by atoms with Crippen LogP contribution in [0.4, 0.5) is 0 Å². The van der Waals surface area contributed by atoms with E-state index in [4.69, 9.17) is 28.9 Å². The number of hydrogen-bond acceptors (Lipinski definition) is 1. The Morgan fingerprint density at radius 1 is 1.35 bits per heavy atom. The van der Waals surface area contributed by atoms with E-state index in [1.54, 1.807) is 0 Å². The average molecular weight is 268 g/mol. The molecule has 0 heterocycles. The number of benzene rings is 1.